The van der Waals surface area contributed by atoms with Gasteiger partial charge in [-0.05, 0) is 24.6 Å². The number of hydrogen-bond donors (Lipinski definition) is 1. The lowest BCUT2D eigenvalue weighted by Gasteiger charge is -2.10. The fourth-order valence-corrected chi connectivity index (χ4v) is 1.97. The topological polar surface area (TPSA) is 64.9 Å². The van der Waals surface area contributed by atoms with Crippen molar-refractivity contribution in [2.45, 2.75) is 25.6 Å². The van der Waals surface area contributed by atoms with Crippen molar-refractivity contribution in [1.82, 2.24) is 10.2 Å². The van der Waals surface area contributed by atoms with Gasteiger partial charge in [0.05, 0.1) is 17.2 Å². The maximum Gasteiger partial charge on any atom is 0.417 e. The van der Waals surface area contributed by atoms with E-state index in [9.17, 15) is 13.2 Å². The molecule has 0 amide bonds. The minimum absolute atomic E-state index is 0.124. The Hall–Kier alpha value is -1.41. The molecule has 0 aliphatic carbocycles. The van der Waals surface area contributed by atoms with Crippen LogP contribution in [0, 0.1) is 0 Å². The second-order valence-electron chi connectivity index (χ2n) is 4.15. The smallest absolute Gasteiger partial charge is 0.417 e. The van der Waals surface area contributed by atoms with Crippen LogP contribution in [0.25, 0.3) is 11.5 Å². The Labute approximate surface area is 121 Å². The monoisotopic (exact) mass is 349 g/mol. The summed E-state index contributed by atoms with van der Waals surface area (Å²) in [6.07, 6.45) is -3.96. The van der Waals surface area contributed by atoms with E-state index in [1.54, 1.807) is 0 Å². The summed E-state index contributed by atoms with van der Waals surface area (Å²) in [5.74, 6) is -0.0673. The Balaban J connectivity index is 2.50. The maximum absolute atomic E-state index is 13.0. The highest BCUT2D eigenvalue weighted by Crippen LogP contribution is 2.38. The molecule has 0 saturated heterocycles. The van der Waals surface area contributed by atoms with E-state index in [0.29, 0.717) is 10.9 Å². The first-order valence-corrected chi connectivity index (χ1v) is 6.58. The summed E-state index contributed by atoms with van der Waals surface area (Å²) in [7, 11) is 0. The van der Waals surface area contributed by atoms with Gasteiger partial charge in [0.2, 0.25) is 11.8 Å². The first-order valence-electron chi connectivity index (χ1n) is 5.79. The number of rotatable bonds is 3. The van der Waals surface area contributed by atoms with E-state index in [-0.39, 0.29) is 17.3 Å². The first kappa shape index (κ1) is 15.0. The van der Waals surface area contributed by atoms with Crippen LogP contribution in [0.2, 0.25) is 0 Å². The SMILES string of the molecule is CCC(N)c1nnc(-c2ccc(Br)cc2C(F)(F)F)o1. The molecular formula is C12H11BrF3N3O. The lowest BCUT2D eigenvalue weighted by atomic mass is 10.1. The van der Waals surface area contributed by atoms with E-state index in [0.717, 1.165) is 6.07 Å². The average molecular weight is 350 g/mol. The van der Waals surface area contributed by atoms with Crippen molar-refractivity contribution in [1.29, 1.82) is 0 Å². The van der Waals surface area contributed by atoms with E-state index in [4.69, 9.17) is 10.2 Å². The molecule has 1 unspecified atom stereocenters. The molecule has 0 spiro atoms. The molecule has 2 N–H and O–H groups in total. The molecule has 0 bridgehead atoms. The van der Waals surface area contributed by atoms with Gasteiger partial charge in [0.25, 0.3) is 0 Å². The number of alkyl halides is 3. The van der Waals surface area contributed by atoms with Crippen molar-refractivity contribution < 1.29 is 17.6 Å². The number of hydrogen-bond acceptors (Lipinski definition) is 4. The normalized spacial score (nSPS) is 13.5. The molecule has 2 aromatic rings. The zero-order chi connectivity index (χ0) is 14.9. The maximum atomic E-state index is 13.0. The Kier molecular flexibility index (Phi) is 4.14. The third kappa shape index (κ3) is 3.01. The molecule has 0 saturated carbocycles. The number of nitrogens with zero attached hydrogens (tertiary/aromatic N) is 2. The van der Waals surface area contributed by atoms with Crippen LogP contribution in [0.4, 0.5) is 13.2 Å². The highest BCUT2D eigenvalue weighted by atomic mass is 79.9. The lowest BCUT2D eigenvalue weighted by molar-refractivity contribution is -0.137. The van der Waals surface area contributed by atoms with Crippen LogP contribution < -0.4 is 5.73 Å². The Morgan fingerprint density at radius 1 is 1.35 bits per heavy atom. The van der Waals surface area contributed by atoms with Crippen molar-refractivity contribution in [3.63, 3.8) is 0 Å². The van der Waals surface area contributed by atoms with Crippen LogP contribution in [-0.4, -0.2) is 10.2 Å². The minimum atomic E-state index is -4.51. The van der Waals surface area contributed by atoms with E-state index in [1.807, 2.05) is 6.92 Å². The van der Waals surface area contributed by atoms with Gasteiger partial charge in [-0.15, -0.1) is 10.2 Å². The molecule has 8 heteroatoms. The summed E-state index contributed by atoms with van der Waals surface area (Å²) in [6, 6.07) is 3.25. The van der Waals surface area contributed by atoms with Gasteiger partial charge in [-0.3, -0.25) is 0 Å². The second kappa shape index (κ2) is 5.53. The fourth-order valence-electron chi connectivity index (χ4n) is 1.61. The average Bonchev–Trinajstić information content (AvgIpc) is 2.86. The molecule has 0 fully saturated rings. The molecule has 1 heterocycles. The highest BCUT2D eigenvalue weighted by molar-refractivity contribution is 9.10. The minimum Gasteiger partial charge on any atom is -0.419 e. The third-order valence-electron chi connectivity index (χ3n) is 2.72. The molecule has 1 aromatic heterocycles. The largest absolute Gasteiger partial charge is 0.419 e. The Morgan fingerprint density at radius 2 is 2.05 bits per heavy atom. The van der Waals surface area contributed by atoms with Crippen molar-refractivity contribution >= 4 is 15.9 Å². The molecular weight excluding hydrogens is 339 g/mol. The molecule has 1 aromatic carbocycles. The third-order valence-corrected chi connectivity index (χ3v) is 3.21. The van der Waals surface area contributed by atoms with Crippen molar-refractivity contribution in [2.24, 2.45) is 5.73 Å². The predicted molar refractivity (Wildman–Crippen MR) is 69.7 cm³/mol. The standard InChI is InChI=1S/C12H11BrF3N3O/c1-2-9(17)11-19-18-10(20-11)7-4-3-6(13)5-8(7)12(14,15)16/h3-5,9H,2,17H2,1H3. The number of aromatic nitrogens is 2. The van der Waals surface area contributed by atoms with Crippen molar-refractivity contribution in [3.8, 4) is 11.5 Å². The van der Waals surface area contributed by atoms with Crippen molar-refractivity contribution in [2.75, 3.05) is 0 Å². The van der Waals surface area contributed by atoms with E-state index < -0.39 is 17.8 Å². The van der Waals surface area contributed by atoms with Gasteiger partial charge < -0.3 is 10.2 Å². The molecule has 0 aliphatic rings. The summed E-state index contributed by atoms with van der Waals surface area (Å²) >= 11 is 3.01. The van der Waals surface area contributed by atoms with Gasteiger partial charge in [-0.25, -0.2) is 0 Å². The summed E-state index contributed by atoms with van der Waals surface area (Å²) < 4.78 is 44.6. The molecule has 4 nitrogen and oxygen atoms in total. The summed E-state index contributed by atoms with van der Waals surface area (Å²) in [4.78, 5) is 0. The summed E-state index contributed by atoms with van der Waals surface area (Å²) in [5.41, 5.74) is 4.70. The van der Waals surface area contributed by atoms with Crippen molar-refractivity contribution in [3.05, 3.63) is 34.1 Å². The summed E-state index contributed by atoms with van der Waals surface area (Å²) in [5, 5.41) is 7.34. The van der Waals surface area contributed by atoms with E-state index >= 15 is 0 Å². The zero-order valence-corrected chi connectivity index (χ0v) is 12.0. The molecule has 1 atom stereocenters. The van der Waals surface area contributed by atoms with Gasteiger partial charge in [0.15, 0.2) is 0 Å². The molecule has 0 radical (unpaired) electrons. The zero-order valence-electron chi connectivity index (χ0n) is 10.4. The van der Waals surface area contributed by atoms with Crippen LogP contribution in [0.3, 0.4) is 0 Å². The van der Waals surface area contributed by atoms with Gasteiger partial charge in [-0.1, -0.05) is 22.9 Å². The van der Waals surface area contributed by atoms with Gasteiger partial charge in [0, 0.05) is 4.47 Å². The molecule has 108 valence electrons. The molecule has 20 heavy (non-hydrogen) atoms. The number of nitrogens with two attached hydrogens (primary N) is 1. The quantitative estimate of drug-likeness (QED) is 0.911. The number of halogens is 4. The van der Waals surface area contributed by atoms with E-state index in [2.05, 4.69) is 26.1 Å². The number of benzene rings is 1. The van der Waals surface area contributed by atoms with Crippen LogP contribution in [0.15, 0.2) is 27.1 Å². The van der Waals surface area contributed by atoms with E-state index in [1.165, 1.54) is 12.1 Å². The Bertz CT molecular complexity index is 612. The predicted octanol–water partition coefficient (Wildman–Crippen LogP) is 3.93. The van der Waals surface area contributed by atoms with Gasteiger partial charge in [-0.2, -0.15) is 13.2 Å². The Morgan fingerprint density at radius 3 is 2.65 bits per heavy atom. The first-order chi connectivity index (χ1) is 9.32. The lowest BCUT2D eigenvalue weighted by Crippen LogP contribution is -2.08. The highest BCUT2D eigenvalue weighted by Gasteiger charge is 2.35. The fraction of sp³-hybridized carbons (Fsp3) is 0.333. The van der Waals surface area contributed by atoms with Crippen LogP contribution in [0.1, 0.15) is 30.8 Å². The summed E-state index contributed by atoms with van der Waals surface area (Å²) in [6.45, 7) is 1.81. The molecule has 0 aliphatic heterocycles. The van der Waals surface area contributed by atoms with Gasteiger partial charge in [0.1, 0.15) is 0 Å². The second-order valence-corrected chi connectivity index (χ2v) is 5.06. The van der Waals surface area contributed by atoms with Crippen LogP contribution in [0.5, 0.6) is 0 Å². The van der Waals surface area contributed by atoms with Gasteiger partial charge >= 0.3 is 6.18 Å². The molecule has 2 rings (SSSR count). The van der Waals surface area contributed by atoms with Crippen LogP contribution >= 0.6 is 15.9 Å². The van der Waals surface area contributed by atoms with Crippen LogP contribution in [-0.2, 0) is 6.18 Å².